The predicted molar refractivity (Wildman–Crippen MR) is 136 cm³/mol. The molecule has 1 aliphatic heterocycles. The van der Waals surface area contributed by atoms with E-state index in [1.54, 1.807) is 0 Å². The smallest absolute Gasteiger partial charge is 0.0100 e. The molecule has 1 heteroatoms. The van der Waals surface area contributed by atoms with Crippen LogP contribution in [0.2, 0.25) is 0 Å². The lowest BCUT2D eigenvalue weighted by Gasteiger charge is -2.48. The maximum Gasteiger partial charge on any atom is -0.0100 e. The lowest BCUT2D eigenvalue weighted by Crippen LogP contribution is -2.31. The number of allylic oxidation sites excluding steroid dienone is 4. The topological polar surface area (TPSA) is 0 Å². The van der Waals surface area contributed by atoms with Gasteiger partial charge in [0.1, 0.15) is 0 Å². The molecule has 29 heavy (non-hydrogen) atoms. The molecule has 0 radical (unpaired) electrons. The van der Waals surface area contributed by atoms with Gasteiger partial charge in [-0.1, -0.05) is 115 Å². The van der Waals surface area contributed by atoms with Crippen LogP contribution in [-0.4, -0.2) is 10.3 Å². The summed E-state index contributed by atoms with van der Waals surface area (Å²) in [7, 11) is -0.421. The molecule has 0 N–H and O–H groups in total. The third-order valence-corrected chi connectivity index (χ3v) is 9.95. The highest BCUT2D eigenvalue weighted by molar-refractivity contribution is 7.65. The van der Waals surface area contributed by atoms with Crippen LogP contribution in [0.4, 0.5) is 0 Å². The third-order valence-electron chi connectivity index (χ3n) is 6.31. The molecule has 2 rings (SSSR count). The lowest BCUT2D eigenvalue weighted by atomic mass is 9.79. The fourth-order valence-electron chi connectivity index (χ4n) is 5.40. The second-order valence-electron chi connectivity index (χ2n) is 11.0. The van der Waals surface area contributed by atoms with E-state index in [1.807, 2.05) is 0 Å². The molecule has 0 spiro atoms. The van der Waals surface area contributed by atoms with Gasteiger partial charge in [0.2, 0.25) is 0 Å². The van der Waals surface area contributed by atoms with Crippen LogP contribution in [0.25, 0.3) is 5.57 Å². The summed E-state index contributed by atoms with van der Waals surface area (Å²) in [4.78, 5) is 0. The van der Waals surface area contributed by atoms with E-state index in [0.717, 1.165) is 0 Å². The van der Waals surface area contributed by atoms with Crippen LogP contribution in [0, 0.1) is 0 Å². The summed E-state index contributed by atoms with van der Waals surface area (Å²) in [5.74, 6) is 1.53. The van der Waals surface area contributed by atoms with E-state index in [4.69, 9.17) is 0 Å². The van der Waals surface area contributed by atoms with Crippen LogP contribution < -0.4 is 0 Å². The SMILES string of the molecule is C=C/C1=C(\C=C)P(C(C)(C)C)C(C)(C)CC(C)c2cc(C(C)C)cc(C(C)C)c21. The minimum atomic E-state index is -0.421. The number of benzene rings is 1. The number of hydrogen-bond donors (Lipinski definition) is 0. The van der Waals surface area contributed by atoms with Crippen molar-refractivity contribution in [3.05, 3.63) is 65.0 Å². The van der Waals surface area contributed by atoms with E-state index in [2.05, 4.69) is 107 Å². The van der Waals surface area contributed by atoms with Gasteiger partial charge in [-0.25, -0.2) is 0 Å². The largest absolute Gasteiger partial charge is 0.0984 e. The van der Waals surface area contributed by atoms with Gasteiger partial charge < -0.3 is 0 Å². The van der Waals surface area contributed by atoms with Gasteiger partial charge in [0.15, 0.2) is 0 Å². The summed E-state index contributed by atoms with van der Waals surface area (Å²) in [6.07, 6.45) is 5.46. The van der Waals surface area contributed by atoms with Crippen molar-refractivity contribution in [1.29, 1.82) is 0 Å². The average molecular weight is 411 g/mol. The molecule has 0 saturated carbocycles. The molecule has 1 aromatic rings. The Morgan fingerprint density at radius 1 is 1.03 bits per heavy atom. The molecule has 0 aliphatic carbocycles. The summed E-state index contributed by atoms with van der Waals surface area (Å²) < 4.78 is 0. The van der Waals surface area contributed by atoms with Crippen LogP contribution in [0.5, 0.6) is 0 Å². The predicted octanol–water partition coefficient (Wildman–Crippen LogP) is 9.58. The van der Waals surface area contributed by atoms with Gasteiger partial charge in [0, 0.05) is 0 Å². The lowest BCUT2D eigenvalue weighted by molar-refractivity contribution is 0.543. The Morgan fingerprint density at radius 3 is 2.03 bits per heavy atom. The Morgan fingerprint density at radius 2 is 1.62 bits per heavy atom. The molecule has 0 bridgehead atoms. The number of fused-ring (bicyclic) bond motifs is 1. The molecule has 2 unspecified atom stereocenters. The molecule has 1 aromatic carbocycles. The van der Waals surface area contributed by atoms with Crippen LogP contribution in [0.3, 0.4) is 0 Å². The van der Waals surface area contributed by atoms with E-state index in [-0.39, 0.29) is 10.3 Å². The molecular formula is C28H43P. The van der Waals surface area contributed by atoms with Crippen LogP contribution in [-0.2, 0) is 0 Å². The molecule has 2 atom stereocenters. The summed E-state index contributed by atoms with van der Waals surface area (Å²) in [6, 6.07) is 4.94. The molecule has 160 valence electrons. The van der Waals surface area contributed by atoms with Gasteiger partial charge in [0.25, 0.3) is 0 Å². The van der Waals surface area contributed by atoms with E-state index in [0.29, 0.717) is 17.8 Å². The Balaban J connectivity index is 3.07. The minimum absolute atomic E-state index is 0.212. The highest BCUT2D eigenvalue weighted by Gasteiger charge is 2.43. The fraction of sp³-hybridized carbons (Fsp3) is 0.571. The summed E-state index contributed by atoms with van der Waals surface area (Å²) in [5.41, 5.74) is 7.20. The van der Waals surface area contributed by atoms with Gasteiger partial charge in [-0.3, -0.25) is 0 Å². The van der Waals surface area contributed by atoms with Crippen molar-refractivity contribution >= 4 is 13.5 Å². The zero-order valence-electron chi connectivity index (χ0n) is 20.6. The van der Waals surface area contributed by atoms with Gasteiger partial charge in [-0.15, -0.1) is 0 Å². The first kappa shape index (κ1) is 24.1. The van der Waals surface area contributed by atoms with Crippen molar-refractivity contribution in [1.82, 2.24) is 0 Å². The molecule has 0 aromatic heterocycles. The molecule has 0 fully saturated rings. The van der Waals surface area contributed by atoms with Gasteiger partial charge >= 0.3 is 0 Å². The van der Waals surface area contributed by atoms with Crippen molar-refractivity contribution in [2.24, 2.45) is 0 Å². The third kappa shape index (κ3) is 4.64. The highest BCUT2D eigenvalue weighted by Crippen LogP contribution is 2.69. The van der Waals surface area contributed by atoms with E-state index < -0.39 is 7.92 Å². The second-order valence-corrected chi connectivity index (χ2v) is 14.7. The number of hydrogen-bond acceptors (Lipinski definition) is 0. The summed E-state index contributed by atoms with van der Waals surface area (Å²) >= 11 is 0. The monoisotopic (exact) mass is 410 g/mol. The Bertz CT molecular complexity index is 811. The van der Waals surface area contributed by atoms with E-state index >= 15 is 0 Å². The molecule has 1 heterocycles. The zero-order valence-corrected chi connectivity index (χ0v) is 21.5. The first-order chi connectivity index (χ1) is 13.3. The summed E-state index contributed by atoms with van der Waals surface area (Å²) in [5, 5.41) is 1.87. The maximum absolute atomic E-state index is 4.31. The van der Waals surface area contributed by atoms with Gasteiger partial charge in [0.05, 0.1) is 0 Å². The molecule has 0 saturated heterocycles. The quantitative estimate of drug-likeness (QED) is 0.433. The standard InChI is InChI=1S/C28H43P/c1-13-22-25(14-2)29(27(8,9)10)28(11,12)17-20(7)24-16-21(18(3)4)15-23(19(5)6)26(22)24/h13-16,18-20H,1-2,17H2,3-12H3/b25-22-. The second kappa shape index (κ2) is 8.55. The molecule has 1 aliphatic rings. The van der Waals surface area contributed by atoms with Crippen molar-refractivity contribution in [3.8, 4) is 0 Å². The van der Waals surface area contributed by atoms with Crippen LogP contribution in [0.1, 0.15) is 116 Å². The van der Waals surface area contributed by atoms with E-state index in [1.165, 1.54) is 39.6 Å². The van der Waals surface area contributed by atoms with Crippen molar-refractivity contribution < 1.29 is 0 Å². The molecule has 0 amide bonds. The van der Waals surface area contributed by atoms with Crippen LogP contribution in [0.15, 0.2) is 42.8 Å². The van der Waals surface area contributed by atoms with Crippen LogP contribution >= 0.6 is 7.92 Å². The average Bonchev–Trinajstić information content (AvgIpc) is 2.57. The molecule has 0 nitrogen and oxygen atoms in total. The summed E-state index contributed by atoms with van der Waals surface area (Å²) in [6.45, 7) is 32.5. The van der Waals surface area contributed by atoms with Crippen molar-refractivity contribution in [3.63, 3.8) is 0 Å². The molecular weight excluding hydrogens is 367 g/mol. The first-order valence-electron chi connectivity index (χ1n) is 11.2. The fourth-order valence-corrected chi connectivity index (χ4v) is 9.68. The zero-order chi connectivity index (χ0) is 22.3. The minimum Gasteiger partial charge on any atom is -0.0984 e. The highest BCUT2D eigenvalue weighted by atomic mass is 31.1. The normalized spacial score (nSPS) is 24.8. The first-order valence-corrected chi connectivity index (χ1v) is 12.6. The van der Waals surface area contributed by atoms with Crippen molar-refractivity contribution in [2.75, 3.05) is 0 Å². The van der Waals surface area contributed by atoms with E-state index in [9.17, 15) is 0 Å². The van der Waals surface area contributed by atoms with Crippen molar-refractivity contribution in [2.45, 2.75) is 104 Å². The maximum atomic E-state index is 4.31. The van der Waals surface area contributed by atoms with Gasteiger partial charge in [-0.2, -0.15) is 0 Å². The van der Waals surface area contributed by atoms with Gasteiger partial charge in [-0.05, 0) is 67.6 Å². The Labute approximate surface area is 182 Å². The Hall–Kier alpha value is -1.13. The Kier molecular flexibility index (Phi) is 7.12. The number of rotatable bonds is 4.